The minimum absolute atomic E-state index is 0.0824. The Morgan fingerprint density at radius 3 is 2.62 bits per heavy atom. The molecule has 0 bridgehead atoms. The van der Waals surface area contributed by atoms with E-state index in [-0.39, 0.29) is 17.2 Å². The highest BCUT2D eigenvalue weighted by molar-refractivity contribution is 6.74. The van der Waals surface area contributed by atoms with E-state index in [0.717, 1.165) is 32.1 Å². The summed E-state index contributed by atoms with van der Waals surface area (Å²) in [7, 11) is -2.00. The fourth-order valence-corrected chi connectivity index (χ4v) is 3.76. The van der Waals surface area contributed by atoms with Crippen LogP contribution in [0.3, 0.4) is 0 Å². The molecule has 0 aromatic carbocycles. The van der Waals surface area contributed by atoms with Gasteiger partial charge in [-0.05, 0) is 37.4 Å². The van der Waals surface area contributed by atoms with Gasteiger partial charge in [0.05, 0.1) is 6.04 Å². The van der Waals surface area contributed by atoms with Gasteiger partial charge in [-0.2, -0.15) is 5.26 Å². The van der Waals surface area contributed by atoms with Crippen molar-refractivity contribution in [2.24, 2.45) is 0 Å². The number of carbonyl (C=O) groups is 1. The molecule has 1 fully saturated rings. The van der Waals surface area contributed by atoms with Crippen LogP contribution in [0, 0.1) is 23.2 Å². The highest BCUT2D eigenvalue weighted by Crippen LogP contribution is 2.38. The normalized spacial score (nSPS) is 19.4. The monoisotopic (exact) mass is 348 g/mol. The highest BCUT2D eigenvalue weighted by atomic mass is 28.4. The van der Waals surface area contributed by atoms with E-state index in [2.05, 4.69) is 52.6 Å². The molecule has 4 nitrogen and oxygen atoms in total. The Hall–Kier alpha value is -1.30. The molecule has 0 unspecified atom stereocenters. The summed E-state index contributed by atoms with van der Waals surface area (Å²) in [6.07, 6.45) is 4.52. The van der Waals surface area contributed by atoms with E-state index in [9.17, 15) is 4.79 Å². The molecule has 0 radical (unpaired) electrons. The molecular formula is C19H32N2O2Si. The third kappa shape index (κ3) is 5.36. The van der Waals surface area contributed by atoms with Gasteiger partial charge in [-0.1, -0.05) is 40.0 Å². The summed E-state index contributed by atoms with van der Waals surface area (Å²) >= 11 is 0. The van der Waals surface area contributed by atoms with Crippen LogP contribution in [0.1, 0.15) is 59.8 Å². The third-order valence-electron chi connectivity index (χ3n) is 5.13. The number of nitrogens with zero attached hydrogens (tertiary/aromatic N) is 2. The molecule has 1 heterocycles. The van der Waals surface area contributed by atoms with Crippen molar-refractivity contribution in [1.82, 2.24) is 4.90 Å². The van der Waals surface area contributed by atoms with Crippen molar-refractivity contribution in [3.05, 3.63) is 0 Å². The van der Waals surface area contributed by atoms with Gasteiger partial charge in [0.1, 0.15) is 6.10 Å². The van der Waals surface area contributed by atoms with Crippen molar-refractivity contribution >= 4 is 14.2 Å². The zero-order valence-corrected chi connectivity index (χ0v) is 17.1. The number of carbonyl (C=O) groups excluding carboxylic acids is 1. The maximum Gasteiger partial charge on any atom is 0.325 e. The average Bonchev–Trinajstić information content (AvgIpc) is 2.97. The van der Waals surface area contributed by atoms with Crippen molar-refractivity contribution < 1.29 is 9.22 Å². The molecule has 1 amide bonds. The Kier molecular flexibility index (Phi) is 7.51. The molecule has 2 atom stereocenters. The van der Waals surface area contributed by atoms with Crippen LogP contribution in [0.15, 0.2) is 0 Å². The van der Waals surface area contributed by atoms with E-state index in [1.807, 2.05) is 0 Å². The second-order valence-electron chi connectivity index (χ2n) is 8.04. The SMILES string of the molecule is CCCCC#C[C@@H](O[Si](C)(C)C(C)(C)C)[C@@H]1CCCN1C(=O)C#N. The number of nitriles is 1. The zero-order chi connectivity index (χ0) is 18.4. The molecule has 0 aromatic rings. The number of hydrogen-bond acceptors (Lipinski definition) is 3. The van der Waals surface area contributed by atoms with E-state index in [0.29, 0.717) is 6.54 Å². The lowest BCUT2D eigenvalue weighted by Gasteiger charge is -2.40. The van der Waals surface area contributed by atoms with Crippen LogP contribution < -0.4 is 0 Å². The first-order chi connectivity index (χ1) is 11.1. The highest BCUT2D eigenvalue weighted by Gasteiger charge is 2.43. The summed E-state index contributed by atoms with van der Waals surface area (Å²) in [5.74, 6) is 6.07. The third-order valence-corrected chi connectivity index (χ3v) is 9.59. The van der Waals surface area contributed by atoms with Gasteiger partial charge >= 0.3 is 5.91 Å². The van der Waals surface area contributed by atoms with Crippen molar-refractivity contribution in [1.29, 1.82) is 5.26 Å². The summed E-state index contributed by atoms with van der Waals surface area (Å²) in [6.45, 7) is 13.8. The zero-order valence-electron chi connectivity index (χ0n) is 16.1. The topological polar surface area (TPSA) is 53.3 Å². The number of amides is 1. The summed E-state index contributed by atoms with van der Waals surface area (Å²) in [6, 6.07) is 1.66. The summed E-state index contributed by atoms with van der Waals surface area (Å²) in [5.41, 5.74) is 0. The quantitative estimate of drug-likeness (QED) is 0.325. The molecule has 0 N–H and O–H groups in total. The Bertz CT molecular complexity index is 534. The van der Waals surface area contributed by atoms with Crippen molar-refractivity contribution in [3.8, 4) is 17.9 Å². The minimum atomic E-state index is -2.00. The Balaban J connectivity index is 3.02. The van der Waals surface area contributed by atoms with Crippen LogP contribution in [0.25, 0.3) is 0 Å². The van der Waals surface area contributed by atoms with Crippen LogP contribution >= 0.6 is 0 Å². The van der Waals surface area contributed by atoms with Gasteiger partial charge in [-0.15, -0.1) is 5.92 Å². The lowest BCUT2D eigenvalue weighted by molar-refractivity contribution is -0.127. The molecule has 5 heteroatoms. The van der Waals surface area contributed by atoms with Gasteiger partial charge in [-0.3, -0.25) is 4.79 Å². The van der Waals surface area contributed by atoms with Gasteiger partial charge < -0.3 is 9.33 Å². The summed E-state index contributed by atoms with van der Waals surface area (Å²) < 4.78 is 6.55. The second-order valence-corrected chi connectivity index (χ2v) is 12.8. The number of hydrogen-bond donors (Lipinski definition) is 0. The first kappa shape index (κ1) is 20.7. The van der Waals surface area contributed by atoms with Gasteiger partial charge in [0.2, 0.25) is 0 Å². The first-order valence-corrected chi connectivity index (χ1v) is 11.9. The van der Waals surface area contributed by atoms with E-state index < -0.39 is 14.2 Å². The van der Waals surface area contributed by atoms with E-state index >= 15 is 0 Å². The molecular weight excluding hydrogens is 316 g/mol. The van der Waals surface area contributed by atoms with Crippen LogP contribution in [0.5, 0.6) is 0 Å². The standard InChI is InChI=1S/C19H32N2O2Si/c1-7-8-9-10-13-17(23-24(5,6)19(2,3)4)16-12-11-14-21(16)18(22)15-20/h16-17H,7-9,11-12,14H2,1-6H3/t16-,17+/m0/s1. The molecule has 1 aliphatic heterocycles. The first-order valence-electron chi connectivity index (χ1n) is 9.01. The van der Waals surface area contributed by atoms with Crippen LogP contribution in [0.2, 0.25) is 18.1 Å². The fraction of sp³-hybridized carbons (Fsp3) is 0.789. The lowest BCUT2D eigenvalue weighted by Crippen LogP contribution is -2.50. The van der Waals surface area contributed by atoms with Crippen LogP contribution in [-0.4, -0.2) is 37.8 Å². The predicted octanol–water partition coefficient (Wildman–Crippen LogP) is 4.08. The minimum Gasteiger partial charge on any atom is -0.401 e. The number of unbranched alkanes of at least 4 members (excludes halogenated alkanes) is 2. The number of likely N-dealkylation sites (tertiary alicyclic amines) is 1. The maximum absolute atomic E-state index is 11.9. The van der Waals surface area contributed by atoms with Gasteiger partial charge in [-0.25, -0.2) is 0 Å². The smallest absolute Gasteiger partial charge is 0.325 e. The average molecular weight is 349 g/mol. The summed E-state index contributed by atoms with van der Waals surface area (Å²) in [4.78, 5) is 13.6. The van der Waals surface area contributed by atoms with Gasteiger partial charge in [0, 0.05) is 13.0 Å². The van der Waals surface area contributed by atoms with E-state index in [1.165, 1.54) is 0 Å². The molecule has 0 spiro atoms. The van der Waals surface area contributed by atoms with Crippen LogP contribution in [-0.2, 0) is 9.22 Å². The second kappa shape index (κ2) is 8.69. The van der Waals surface area contributed by atoms with Gasteiger partial charge in [0.25, 0.3) is 0 Å². The molecule has 1 aliphatic rings. The van der Waals surface area contributed by atoms with Crippen molar-refractivity contribution in [2.75, 3.05) is 6.54 Å². The number of rotatable bonds is 5. The van der Waals surface area contributed by atoms with Crippen LogP contribution in [0.4, 0.5) is 0 Å². The summed E-state index contributed by atoms with van der Waals surface area (Å²) in [5, 5.41) is 9.08. The Labute approximate surface area is 148 Å². The predicted molar refractivity (Wildman–Crippen MR) is 99.7 cm³/mol. The Morgan fingerprint density at radius 2 is 2.08 bits per heavy atom. The fourth-order valence-electron chi connectivity index (χ4n) is 2.56. The van der Waals surface area contributed by atoms with Crippen molar-refractivity contribution in [3.63, 3.8) is 0 Å². The largest absolute Gasteiger partial charge is 0.401 e. The van der Waals surface area contributed by atoms with Gasteiger partial charge in [0.15, 0.2) is 14.4 Å². The molecule has 0 aromatic heterocycles. The molecule has 1 saturated heterocycles. The molecule has 0 saturated carbocycles. The maximum atomic E-state index is 11.9. The van der Waals surface area contributed by atoms with E-state index in [4.69, 9.17) is 9.69 Å². The molecule has 134 valence electrons. The van der Waals surface area contributed by atoms with E-state index in [1.54, 1.807) is 11.0 Å². The lowest BCUT2D eigenvalue weighted by atomic mass is 10.1. The molecule has 1 rings (SSSR count). The Morgan fingerprint density at radius 1 is 1.42 bits per heavy atom. The molecule has 0 aliphatic carbocycles. The molecule has 24 heavy (non-hydrogen) atoms. The van der Waals surface area contributed by atoms with Crippen molar-refractivity contribution in [2.45, 2.75) is 90.1 Å².